The van der Waals surface area contributed by atoms with Gasteiger partial charge in [-0.3, -0.25) is 4.90 Å². The molecule has 0 spiro atoms. The standard InChI is InChI=1S/C10H19NO/c12-8-7-11(9-3-1-4-9)10-5-2-6-10/h9-10,12H,1-8H2. The van der Waals surface area contributed by atoms with Crippen LogP contribution in [0.1, 0.15) is 38.5 Å². The van der Waals surface area contributed by atoms with E-state index in [0.29, 0.717) is 6.61 Å². The van der Waals surface area contributed by atoms with Crippen LogP contribution in [0.2, 0.25) is 0 Å². The van der Waals surface area contributed by atoms with Crippen molar-refractivity contribution in [3.8, 4) is 0 Å². The molecule has 0 bridgehead atoms. The Morgan fingerprint density at radius 2 is 1.50 bits per heavy atom. The fourth-order valence-electron chi connectivity index (χ4n) is 2.22. The summed E-state index contributed by atoms with van der Waals surface area (Å²) in [5, 5.41) is 8.93. The Kier molecular flexibility index (Phi) is 2.66. The van der Waals surface area contributed by atoms with Gasteiger partial charge in [-0.05, 0) is 25.7 Å². The summed E-state index contributed by atoms with van der Waals surface area (Å²) < 4.78 is 0. The Morgan fingerprint density at radius 1 is 1.00 bits per heavy atom. The topological polar surface area (TPSA) is 23.5 Å². The van der Waals surface area contributed by atoms with Gasteiger partial charge in [-0.25, -0.2) is 0 Å². The molecule has 0 aliphatic heterocycles. The predicted molar refractivity (Wildman–Crippen MR) is 49.1 cm³/mol. The minimum atomic E-state index is 0.340. The summed E-state index contributed by atoms with van der Waals surface area (Å²) in [5.74, 6) is 0. The van der Waals surface area contributed by atoms with Gasteiger partial charge in [0.2, 0.25) is 0 Å². The van der Waals surface area contributed by atoms with Crippen LogP contribution in [-0.2, 0) is 0 Å². The summed E-state index contributed by atoms with van der Waals surface area (Å²) >= 11 is 0. The van der Waals surface area contributed by atoms with Crippen LogP contribution in [-0.4, -0.2) is 35.2 Å². The predicted octanol–water partition coefficient (Wildman–Crippen LogP) is 1.39. The average Bonchev–Trinajstić information content (AvgIpc) is 1.79. The highest BCUT2D eigenvalue weighted by Crippen LogP contribution is 2.33. The zero-order valence-corrected chi connectivity index (χ0v) is 7.71. The molecule has 2 nitrogen and oxygen atoms in total. The monoisotopic (exact) mass is 169 g/mol. The fraction of sp³-hybridized carbons (Fsp3) is 1.00. The highest BCUT2D eigenvalue weighted by atomic mass is 16.3. The first-order valence-corrected chi connectivity index (χ1v) is 5.28. The molecule has 0 aromatic carbocycles. The first-order chi connectivity index (χ1) is 5.92. The minimum absolute atomic E-state index is 0.340. The van der Waals surface area contributed by atoms with Gasteiger partial charge >= 0.3 is 0 Å². The zero-order chi connectivity index (χ0) is 8.39. The normalized spacial score (nSPS) is 25.5. The van der Waals surface area contributed by atoms with Crippen LogP contribution in [0.4, 0.5) is 0 Å². The molecular weight excluding hydrogens is 150 g/mol. The van der Waals surface area contributed by atoms with E-state index in [2.05, 4.69) is 4.90 Å². The van der Waals surface area contributed by atoms with Gasteiger partial charge < -0.3 is 5.11 Å². The van der Waals surface area contributed by atoms with Crippen molar-refractivity contribution in [3.05, 3.63) is 0 Å². The van der Waals surface area contributed by atoms with E-state index in [4.69, 9.17) is 5.11 Å². The summed E-state index contributed by atoms with van der Waals surface area (Å²) in [6.07, 6.45) is 8.29. The van der Waals surface area contributed by atoms with Crippen molar-refractivity contribution in [1.82, 2.24) is 4.90 Å². The summed E-state index contributed by atoms with van der Waals surface area (Å²) in [7, 11) is 0. The lowest BCUT2D eigenvalue weighted by Crippen LogP contribution is -2.50. The number of hydrogen-bond donors (Lipinski definition) is 1. The molecule has 2 heteroatoms. The first kappa shape index (κ1) is 8.52. The summed E-state index contributed by atoms with van der Waals surface area (Å²) in [6.45, 7) is 1.25. The number of nitrogens with zero attached hydrogens (tertiary/aromatic N) is 1. The van der Waals surface area contributed by atoms with Crippen molar-refractivity contribution in [2.24, 2.45) is 0 Å². The summed E-state index contributed by atoms with van der Waals surface area (Å²) in [6, 6.07) is 1.64. The molecule has 0 aromatic heterocycles. The molecule has 12 heavy (non-hydrogen) atoms. The Hall–Kier alpha value is -0.0800. The third-order valence-electron chi connectivity index (χ3n) is 3.45. The quantitative estimate of drug-likeness (QED) is 0.687. The Balaban J connectivity index is 1.82. The highest BCUT2D eigenvalue weighted by molar-refractivity contribution is 4.88. The Morgan fingerprint density at radius 3 is 1.75 bits per heavy atom. The molecule has 0 atom stereocenters. The maximum Gasteiger partial charge on any atom is 0.0558 e. The lowest BCUT2D eigenvalue weighted by Gasteiger charge is -2.46. The molecule has 2 saturated carbocycles. The van der Waals surface area contributed by atoms with Crippen molar-refractivity contribution in [1.29, 1.82) is 0 Å². The largest absolute Gasteiger partial charge is 0.395 e. The number of hydrogen-bond acceptors (Lipinski definition) is 2. The zero-order valence-electron chi connectivity index (χ0n) is 7.71. The van der Waals surface area contributed by atoms with Gasteiger partial charge in [0.05, 0.1) is 6.61 Å². The lowest BCUT2D eigenvalue weighted by atomic mass is 9.84. The Bertz CT molecular complexity index is 127. The summed E-state index contributed by atoms with van der Waals surface area (Å²) in [4.78, 5) is 2.55. The molecule has 2 fully saturated rings. The average molecular weight is 169 g/mol. The van der Waals surface area contributed by atoms with E-state index in [1.54, 1.807) is 0 Å². The number of aliphatic hydroxyl groups excluding tert-OH is 1. The van der Waals surface area contributed by atoms with Gasteiger partial charge in [0.1, 0.15) is 0 Å². The van der Waals surface area contributed by atoms with E-state index < -0.39 is 0 Å². The van der Waals surface area contributed by atoms with E-state index in [1.165, 1.54) is 38.5 Å². The lowest BCUT2D eigenvalue weighted by molar-refractivity contribution is 0.0266. The molecule has 2 aliphatic carbocycles. The SMILES string of the molecule is OCCN(C1CCC1)C1CCC1. The van der Waals surface area contributed by atoms with Crippen molar-refractivity contribution in [2.75, 3.05) is 13.2 Å². The molecule has 0 saturated heterocycles. The second-order valence-corrected chi connectivity index (χ2v) is 4.13. The molecule has 70 valence electrons. The fourth-order valence-corrected chi connectivity index (χ4v) is 2.22. The maximum atomic E-state index is 8.93. The van der Waals surface area contributed by atoms with Gasteiger partial charge in [0.25, 0.3) is 0 Å². The third-order valence-corrected chi connectivity index (χ3v) is 3.45. The van der Waals surface area contributed by atoms with Gasteiger partial charge in [-0.2, -0.15) is 0 Å². The second kappa shape index (κ2) is 3.75. The van der Waals surface area contributed by atoms with Crippen LogP contribution in [0.15, 0.2) is 0 Å². The van der Waals surface area contributed by atoms with Crippen molar-refractivity contribution in [3.63, 3.8) is 0 Å². The minimum Gasteiger partial charge on any atom is -0.395 e. The molecule has 0 aromatic rings. The third kappa shape index (κ3) is 1.50. The van der Waals surface area contributed by atoms with Gasteiger partial charge in [-0.15, -0.1) is 0 Å². The maximum absolute atomic E-state index is 8.93. The van der Waals surface area contributed by atoms with E-state index >= 15 is 0 Å². The van der Waals surface area contributed by atoms with Crippen LogP contribution in [0.25, 0.3) is 0 Å². The first-order valence-electron chi connectivity index (χ1n) is 5.28. The number of aliphatic hydroxyl groups is 1. The second-order valence-electron chi connectivity index (χ2n) is 4.13. The van der Waals surface area contributed by atoms with Gasteiger partial charge in [0.15, 0.2) is 0 Å². The molecule has 2 aliphatic rings. The molecule has 2 rings (SSSR count). The van der Waals surface area contributed by atoms with Crippen molar-refractivity contribution < 1.29 is 5.11 Å². The molecule has 0 heterocycles. The van der Waals surface area contributed by atoms with Crippen LogP contribution in [0, 0.1) is 0 Å². The van der Waals surface area contributed by atoms with E-state index in [1.807, 2.05) is 0 Å². The highest BCUT2D eigenvalue weighted by Gasteiger charge is 2.32. The molecular formula is C10H19NO. The number of rotatable bonds is 4. The van der Waals surface area contributed by atoms with E-state index in [9.17, 15) is 0 Å². The summed E-state index contributed by atoms with van der Waals surface area (Å²) in [5.41, 5.74) is 0. The van der Waals surface area contributed by atoms with Crippen LogP contribution >= 0.6 is 0 Å². The van der Waals surface area contributed by atoms with Gasteiger partial charge in [-0.1, -0.05) is 12.8 Å². The van der Waals surface area contributed by atoms with E-state index in [-0.39, 0.29) is 0 Å². The molecule has 0 unspecified atom stereocenters. The molecule has 0 amide bonds. The Labute approximate surface area is 74.6 Å². The molecule has 1 N–H and O–H groups in total. The van der Waals surface area contributed by atoms with Crippen molar-refractivity contribution >= 4 is 0 Å². The van der Waals surface area contributed by atoms with Crippen LogP contribution in [0.3, 0.4) is 0 Å². The van der Waals surface area contributed by atoms with Crippen LogP contribution < -0.4 is 0 Å². The smallest absolute Gasteiger partial charge is 0.0558 e. The van der Waals surface area contributed by atoms with E-state index in [0.717, 1.165) is 18.6 Å². The van der Waals surface area contributed by atoms with Crippen LogP contribution in [0.5, 0.6) is 0 Å². The van der Waals surface area contributed by atoms with Gasteiger partial charge in [0, 0.05) is 18.6 Å². The molecule has 0 radical (unpaired) electrons. The van der Waals surface area contributed by atoms with Crippen molar-refractivity contribution in [2.45, 2.75) is 50.6 Å².